The molecule has 5 rings (SSSR count). The lowest BCUT2D eigenvalue weighted by atomic mass is 9.96. The van der Waals surface area contributed by atoms with Crippen molar-refractivity contribution in [1.29, 1.82) is 5.26 Å². The van der Waals surface area contributed by atoms with E-state index in [9.17, 15) is 14.9 Å². The second kappa shape index (κ2) is 10.4. The van der Waals surface area contributed by atoms with Crippen molar-refractivity contribution < 1.29 is 19.1 Å². The normalized spacial score (nSPS) is 13.4. The summed E-state index contributed by atoms with van der Waals surface area (Å²) in [4.78, 5) is 34.9. The number of aromatic nitrogens is 2. The average molecular weight is 515 g/mol. The molecule has 8 nitrogen and oxygen atoms in total. The van der Waals surface area contributed by atoms with Crippen molar-refractivity contribution >= 4 is 39.2 Å². The van der Waals surface area contributed by atoms with Crippen molar-refractivity contribution in [3.05, 3.63) is 64.0 Å². The van der Waals surface area contributed by atoms with Gasteiger partial charge in [-0.05, 0) is 80.1 Å². The number of benzene rings is 2. The molecule has 1 aliphatic carbocycles. The number of H-pyrrole nitrogens is 1. The number of nitrogens with one attached hydrogen (secondary N) is 2. The molecule has 1 unspecified atom stereocenters. The van der Waals surface area contributed by atoms with E-state index in [1.165, 1.54) is 11.3 Å². The van der Waals surface area contributed by atoms with Crippen molar-refractivity contribution in [2.45, 2.75) is 45.1 Å². The molecule has 188 valence electrons. The first-order valence-corrected chi connectivity index (χ1v) is 13.0. The fourth-order valence-electron chi connectivity index (χ4n) is 4.51. The molecule has 0 saturated carbocycles. The maximum atomic E-state index is 13.0. The quantitative estimate of drug-likeness (QED) is 0.309. The molecule has 2 N–H and O–H groups in total. The average Bonchev–Trinajstić information content (AvgIpc) is 3.51. The molecule has 0 radical (unpaired) electrons. The third-order valence-electron chi connectivity index (χ3n) is 6.51. The van der Waals surface area contributed by atoms with Crippen molar-refractivity contribution in [3.8, 4) is 23.2 Å². The maximum Gasteiger partial charge on any atom is 0.338 e. The molecule has 1 amide bonds. The molecule has 4 aromatic rings. The smallest absolute Gasteiger partial charge is 0.338 e. The van der Waals surface area contributed by atoms with Crippen LogP contribution in [0.15, 0.2) is 42.5 Å². The number of anilines is 1. The van der Waals surface area contributed by atoms with E-state index in [1.54, 1.807) is 32.2 Å². The van der Waals surface area contributed by atoms with Crippen LogP contribution in [0, 0.1) is 11.3 Å². The highest BCUT2D eigenvalue weighted by molar-refractivity contribution is 7.16. The predicted octanol–water partition coefficient (Wildman–Crippen LogP) is 5.62. The minimum atomic E-state index is -0.981. The number of esters is 1. The van der Waals surface area contributed by atoms with Crippen LogP contribution in [0.5, 0.6) is 5.75 Å². The number of ether oxygens (including phenoxy) is 2. The number of imidazole rings is 1. The third kappa shape index (κ3) is 4.93. The summed E-state index contributed by atoms with van der Waals surface area (Å²) in [5, 5.41) is 13.0. The number of aryl methyl sites for hydroxylation is 1. The topological polar surface area (TPSA) is 117 Å². The number of hydrogen-bond donors (Lipinski definition) is 2. The first kappa shape index (κ1) is 24.5. The van der Waals surface area contributed by atoms with Gasteiger partial charge in [-0.3, -0.25) is 4.79 Å². The SMILES string of the molecule is CCC(OC(=O)c1ccc2nc(-c3ccc(OC)cc3)[nH]c2c1)C(=O)Nc1sc2c(c1C#N)CCCC2. The van der Waals surface area contributed by atoms with Gasteiger partial charge in [0.15, 0.2) is 6.10 Å². The van der Waals surface area contributed by atoms with Crippen molar-refractivity contribution in [1.82, 2.24) is 9.97 Å². The first-order valence-electron chi connectivity index (χ1n) is 12.2. The molecule has 0 aliphatic heterocycles. The monoisotopic (exact) mass is 514 g/mol. The van der Waals surface area contributed by atoms with Crippen LogP contribution in [0.4, 0.5) is 5.00 Å². The van der Waals surface area contributed by atoms with Crippen LogP contribution < -0.4 is 10.1 Å². The van der Waals surface area contributed by atoms with Gasteiger partial charge >= 0.3 is 5.97 Å². The summed E-state index contributed by atoms with van der Waals surface area (Å²) in [6.07, 6.45) is 3.23. The lowest BCUT2D eigenvalue weighted by molar-refractivity contribution is -0.124. The molecule has 2 aromatic heterocycles. The van der Waals surface area contributed by atoms with Gasteiger partial charge in [0, 0.05) is 10.4 Å². The fourth-order valence-corrected chi connectivity index (χ4v) is 5.75. The minimum Gasteiger partial charge on any atom is -0.497 e. The van der Waals surface area contributed by atoms with E-state index in [2.05, 4.69) is 21.4 Å². The van der Waals surface area contributed by atoms with Gasteiger partial charge in [-0.15, -0.1) is 11.3 Å². The molecule has 37 heavy (non-hydrogen) atoms. The lowest BCUT2D eigenvalue weighted by Gasteiger charge is -2.15. The Kier molecular flexibility index (Phi) is 6.93. The minimum absolute atomic E-state index is 0.304. The molecule has 0 fully saturated rings. The van der Waals surface area contributed by atoms with Gasteiger partial charge in [0.05, 0.1) is 29.3 Å². The Bertz CT molecular complexity index is 1510. The van der Waals surface area contributed by atoms with E-state index in [-0.39, 0.29) is 0 Å². The number of carbonyl (C=O) groups is 2. The zero-order valence-electron chi connectivity index (χ0n) is 20.6. The van der Waals surface area contributed by atoms with Gasteiger partial charge in [0.2, 0.25) is 0 Å². The van der Waals surface area contributed by atoms with E-state index in [4.69, 9.17) is 9.47 Å². The van der Waals surface area contributed by atoms with E-state index in [0.717, 1.165) is 47.4 Å². The van der Waals surface area contributed by atoms with Gasteiger partial charge < -0.3 is 19.8 Å². The summed E-state index contributed by atoms with van der Waals surface area (Å²) in [6, 6.07) is 14.8. The maximum absolute atomic E-state index is 13.0. The number of aromatic amines is 1. The summed E-state index contributed by atoms with van der Waals surface area (Å²) in [5.41, 5.74) is 4.16. The molecule has 9 heteroatoms. The predicted molar refractivity (Wildman–Crippen MR) is 142 cm³/mol. The molecule has 1 atom stereocenters. The number of carbonyl (C=O) groups excluding carboxylic acids is 2. The lowest BCUT2D eigenvalue weighted by Crippen LogP contribution is -2.32. The van der Waals surface area contributed by atoms with Crippen molar-refractivity contribution in [2.75, 3.05) is 12.4 Å². The van der Waals surface area contributed by atoms with Crippen LogP contribution >= 0.6 is 11.3 Å². The molecular weight excluding hydrogens is 488 g/mol. The number of fused-ring (bicyclic) bond motifs is 2. The molecule has 0 bridgehead atoms. The zero-order valence-corrected chi connectivity index (χ0v) is 21.4. The Hall–Kier alpha value is -4.16. The van der Waals surface area contributed by atoms with Gasteiger partial charge in [0.25, 0.3) is 5.91 Å². The van der Waals surface area contributed by atoms with Crippen LogP contribution in [0.2, 0.25) is 0 Å². The molecule has 2 aromatic carbocycles. The zero-order chi connectivity index (χ0) is 25.9. The Morgan fingerprint density at radius 3 is 2.70 bits per heavy atom. The van der Waals surface area contributed by atoms with E-state index in [1.807, 2.05) is 24.3 Å². The molecular formula is C28H26N4O4S. The molecule has 0 spiro atoms. The number of amides is 1. The van der Waals surface area contributed by atoms with E-state index >= 15 is 0 Å². The largest absolute Gasteiger partial charge is 0.497 e. The number of rotatable bonds is 7. The summed E-state index contributed by atoms with van der Waals surface area (Å²) in [5.74, 6) is 0.383. The Morgan fingerprint density at radius 2 is 1.97 bits per heavy atom. The highest BCUT2D eigenvalue weighted by Crippen LogP contribution is 2.37. The molecule has 2 heterocycles. The number of methoxy groups -OCH3 is 1. The number of hydrogen-bond acceptors (Lipinski definition) is 7. The second-order valence-corrected chi connectivity index (χ2v) is 9.97. The highest BCUT2D eigenvalue weighted by Gasteiger charge is 2.26. The van der Waals surface area contributed by atoms with Crippen LogP contribution in [0.1, 0.15) is 52.5 Å². The van der Waals surface area contributed by atoms with Crippen LogP contribution in [0.25, 0.3) is 22.4 Å². The van der Waals surface area contributed by atoms with Crippen molar-refractivity contribution in [2.24, 2.45) is 0 Å². The number of nitrogens with zero attached hydrogens (tertiary/aromatic N) is 2. The Balaban J connectivity index is 1.30. The number of nitriles is 1. The number of thiophene rings is 1. The molecule has 0 saturated heterocycles. The summed E-state index contributed by atoms with van der Waals surface area (Å²) in [7, 11) is 1.61. The van der Waals surface area contributed by atoms with Crippen LogP contribution in [-0.2, 0) is 22.4 Å². The Morgan fingerprint density at radius 1 is 1.19 bits per heavy atom. The Labute approximate surface area is 218 Å². The summed E-state index contributed by atoms with van der Waals surface area (Å²) >= 11 is 1.45. The van der Waals surface area contributed by atoms with Gasteiger partial charge in [0.1, 0.15) is 22.6 Å². The highest BCUT2D eigenvalue weighted by atomic mass is 32.1. The van der Waals surface area contributed by atoms with E-state index < -0.39 is 18.0 Å². The summed E-state index contributed by atoms with van der Waals surface area (Å²) < 4.78 is 10.8. The van der Waals surface area contributed by atoms with E-state index in [0.29, 0.717) is 39.4 Å². The van der Waals surface area contributed by atoms with Gasteiger partial charge in [-0.2, -0.15) is 5.26 Å². The van der Waals surface area contributed by atoms with Gasteiger partial charge in [-0.25, -0.2) is 9.78 Å². The summed E-state index contributed by atoms with van der Waals surface area (Å²) in [6.45, 7) is 1.78. The first-order chi connectivity index (χ1) is 18.0. The third-order valence-corrected chi connectivity index (χ3v) is 7.72. The van der Waals surface area contributed by atoms with Crippen molar-refractivity contribution in [3.63, 3.8) is 0 Å². The fraction of sp³-hybridized carbons (Fsp3) is 0.286. The molecule has 1 aliphatic rings. The standard InChI is InChI=1S/C28H26N4O4S/c1-3-23(26(33)32-27-20(15-29)19-6-4-5-7-24(19)37-27)36-28(34)17-10-13-21-22(14-17)31-25(30-21)16-8-11-18(35-2)12-9-16/h8-14,23H,3-7H2,1-2H3,(H,30,31)(H,32,33). The van der Waals surface area contributed by atoms with Crippen LogP contribution in [0.3, 0.4) is 0 Å². The van der Waals surface area contributed by atoms with Crippen LogP contribution in [-0.4, -0.2) is 35.1 Å². The van der Waals surface area contributed by atoms with Gasteiger partial charge in [-0.1, -0.05) is 6.92 Å². The second-order valence-electron chi connectivity index (χ2n) is 8.86.